The van der Waals surface area contributed by atoms with Gasteiger partial charge >= 0.3 is 7.82 Å². The second-order valence-corrected chi connectivity index (χ2v) is 6.48. The molecule has 0 aromatic rings. The van der Waals surface area contributed by atoms with Gasteiger partial charge in [0.05, 0.1) is 0 Å². The zero-order chi connectivity index (χ0) is 12.7. The van der Waals surface area contributed by atoms with Crippen molar-refractivity contribution in [3.8, 4) is 24.7 Å². The van der Waals surface area contributed by atoms with Crippen molar-refractivity contribution in [2.75, 3.05) is 19.8 Å². The van der Waals surface area contributed by atoms with Gasteiger partial charge in [0.1, 0.15) is 19.8 Å². The molecule has 90 valence electrons. The van der Waals surface area contributed by atoms with Crippen LogP contribution < -0.4 is 0 Å². The summed E-state index contributed by atoms with van der Waals surface area (Å²) in [6.07, 6.45) is 9.84. The fourth-order valence-electron chi connectivity index (χ4n) is 0.497. The van der Waals surface area contributed by atoms with Crippen LogP contribution in [0.2, 0.25) is 0 Å². The molecule has 0 saturated heterocycles. The first-order valence-electron chi connectivity index (χ1n) is 3.80. The number of terminal acetylenes is 2. The predicted octanol–water partition coefficient (Wildman–Crippen LogP) is 2.78. The highest BCUT2D eigenvalue weighted by Crippen LogP contribution is 2.50. The van der Waals surface area contributed by atoms with Gasteiger partial charge in [-0.2, -0.15) is 0 Å². The van der Waals surface area contributed by atoms with Crippen LogP contribution in [-0.2, 0) is 18.1 Å². The molecule has 0 aromatic heterocycles. The molecule has 0 bridgehead atoms. The van der Waals surface area contributed by atoms with E-state index in [1.807, 2.05) is 0 Å². The van der Waals surface area contributed by atoms with Crippen LogP contribution >= 0.6 is 42.6 Å². The molecule has 8 heteroatoms. The van der Waals surface area contributed by atoms with E-state index < -0.39 is 18.2 Å². The number of halogens is 3. The number of hydrogen-bond acceptors (Lipinski definition) is 4. The van der Waals surface area contributed by atoms with E-state index in [-0.39, 0.29) is 13.2 Å². The van der Waals surface area contributed by atoms with Crippen LogP contribution in [0.4, 0.5) is 0 Å². The molecule has 0 unspecified atom stereocenters. The SMILES string of the molecule is C#CCOP(=O)(OCC#C)OCC(Cl)(Cl)Cl. The second-order valence-electron chi connectivity index (χ2n) is 2.29. The number of phosphoric acid groups is 1. The number of alkyl halides is 3. The molecular weight excluding hydrogens is 297 g/mol. The van der Waals surface area contributed by atoms with Crippen molar-refractivity contribution in [3.63, 3.8) is 0 Å². The molecule has 0 heterocycles. The van der Waals surface area contributed by atoms with Gasteiger partial charge in [-0.05, 0) is 0 Å². The molecule has 0 N–H and O–H groups in total. The molecular formula is C8H8Cl3O4P. The summed E-state index contributed by atoms with van der Waals surface area (Å²) in [4.78, 5) is 0. The molecule has 0 radical (unpaired) electrons. The van der Waals surface area contributed by atoms with Gasteiger partial charge < -0.3 is 0 Å². The van der Waals surface area contributed by atoms with Gasteiger partial charge in [-0.25, -0.2) is 4.57 Å². The van der Waals surface area contributed by atoms with E-state index in [1.165, 1.54) is 0 Å². The molecule has 0 aliphatic carbocycles. The van der Waals surface area contributed by atoms with Crippen molar-refractivity contribution in [2.45, 2.75) is 3.79 Å². The van der Waals surface area contributed by atoms with E-state index >= 15 is 0 Å². The Morgan fingerprint density at radius 2 is 1.50 bits per heavy atom. The summed E-state index contributed by atoms with van der Waals surface area (Å²) in [6, 6.07) is 0. The zero-order valence-corrected chi connectivity index (χ0v) is 11.2. The molecule has 0 fully saturated rings. The first-order valence-corrected chi connectivity index (χ1v) is 6.40. The highest BCUT2D eigenvalue weighted by Gasteiger charge is 2.31. The monoisotopic (exact) mass is 304 g/mol. The van der Waals surface area contributed by atoms with Gasteiger partial charge in [0.2, 0.25) is 3.79 Å². The maximum absolute atomic E-state index is 11.7. The second kappa shape index (κ2) is 7.43. The Bertz CT molecular complexity index is 317. The normalized spacial score (nSPS) is 11.8. The van der Waals surface area contributed by atoms with E-state index in [0.29, 0.717) is 0 Å². The lowest BCUT2D eigenvalue weighted by molar-refractivity contribution is 0.136. The smallest absolute Gasteiger partial charge is 0.282 e. The topological polar surface area (TPSA) is 44.8 Å². The summed E-state index contributed by atoms with van der Waals surface area (Å²) in [6.45, 7) is -1.03. The molecule has 0 aliphatic heterocycles. The van der Waals surface area contributed by atoms with Crippen molar-refractivity contribution < 1.29 is 18.1 Å². The van der Waals surface area contributed by atoms with Crippen LogP contribution in [-0.4, -0.2) is 23.6 Å². The molecule has 0 saturated carbocycles. The van der Waals surface area contributed by atoms with Gasteiger partial charge in [-0.15, -0.1) is 12.8 Å². The van der Waals surface area contributed by atoms with E-state index in [2.05, 4.69) is 20.9 Å². The number of rotatable bonds is 6. The van der Waals surface area contributed by atoms with Crippen LogP contribution in [0.1, 0.15) is 0 Å². The van der Waals surface area contributed by atoms with E-state index in [0.717, 1.165) is 0 Å². The van der Waals surface area contributed by atoms with Crippen molar-refractivity contribution >= 4 is 42.6 Å². The highest BCUT2D eigenvalue weighted by molar-refractivity contribution is 7.48. The van der Waals surface area contributed by atoms with Crippen molar-refractivity contribution in [1.29, 1.82) is 0 Å². The first kappa shape index (κ1) is 16.1. The summed E-state index contributed by atoms with van der Waals surface area (Å²) >= 11 is 16.2. The van der Waals surface area contributed by atoms with Crippen LogP contribution in [0.5, 0.6) is 0 Å². The average Bonchev–Trinajstić information content (AvgIpc) is 2.20. The third kappa shape index (κ3) is 8.28. The van der Waals surface area contributed by atoms with E-state index in [4.69, 9.17) is 52.2 Å². The van der Waals surface area contributed by atoms with Gasteiger partial charge in [-0.1, -0.05) is 46.6 Å². The molecule has 0 aromatic carbocycles. The lowest BCUT2D eigenvalue weighted by Gasteiger charge is -2.18. The van der Waals surface area contributed by atoms with Crippen LogP contribution in [0.3, 0.4) is 0 Å². The van der Waals surface area contributed by atoms with Gasteiger partial charge in [0.25, 0.3) is 0 Å². The Morgan fingerprint density at radius 3 is 1.81 bits per heavy atom. The van der Waals surface area contributed by atoms with Gasteiger partial charge in [0, 0.05) is 0 Å². The van der Waals surface area contributed by atoms with Crippen molar-refractivity contribution in [1.82, 2.24) is 0 Å². The molecule has 0 atom stereocenters. The van der Waals surface area contributed by atoms with Crippen LogP contribution in [0.25, 0.3) is 0 Å². The Labute approximate surface area is 109 Å². The molecule has 0 amide bonds. The summed E-state index contributed by atoms with van der Waals surface area (Å²) in [5.41, 5.74) is 0. The third-order valence-corrected chi connectivity index (χ3v) is 2.66. The first-order chi connectivity index (χ1) is 7.33. The van der Waals surface area contributed by atoms with Crippen LogP contribution in [0.15, 0.2) is 0 Å². The fraction of sp³-hybridized carbons (Fsp3) is 0.500. The Morgan fingerprint density at radius 1 is 1.06 bits per heavy atom. The largest absolute Gasteiger partial charge is 0.476 e. The maximum atomic E-state index is 11.7. The van der Waals surface area contributed by atoms with Crippen LogP contribution in [0, 0.1) is 24.7 Å². The summed E-state index contributed by atoms with van der Waals surface area (Å²) in [7, 11) is -3.89. The Hall–Kier alpha value is 0.1000. The fourth-order valence-corrected chi connectivity index (χ4v) is 1.93. The highest BCUT2D eigenvalue weighted by atomic mass is 35.6. The number of phosphoric ester groups is 1. The predicted molar refractivity (Wildman–Crippen MR) is 63.4 cm³/mol. The standard InChI is InChI=1S/C8H8Cl3O4P/c1-3-5-13-16(12,14-6-4-2)15-7-8(9,10)11/h1-2H,5-7H2. The van der Waals surface area contributed by atoms with Crippen molar-refractivity contribution in [3.05, 3.63) is 0 Å². The zero-order valence-electron chi connectivity index (χ0n) is 7.99. The Kier molecular flexibility index (Phi) is 7.48. The minimum Gasteiger partial charge on any atom is -0.282 e. The third-order valence-electron chi connectivity index (χ3n) is 0.998. The molecule has 0 rings (SSSR count). The molecule has 0 aliphatic rings. The van der Waals surface area contributed by atoms with Gasteiger partial charge in [0.15, 0.2) is 0 Å². The quantitative estimate of drug-likeness (QED) is 0.430. The summed E-state index contributed by atoms with van der Waals surface area (Å²) in [5.74, 6) is 4.18. The Balaban J connectivity index is 4.37. The minimum absolute atomic E-state index is 0.276. The molecule has 4 nitrogen and oxygen atoms in total. The lowest BCUT2D eigenvalue weighted by Crippen LogP contribution is -2.13. The number of hydrogen-bond donors (Lipinski definition) is 0. The lowest BCUT2D eigenvalue weighted by atomic mass is 10.8. The summed E-state index contributed by atoms with van der Waals surface area (Å²) in [5, 5.41) is 0. The molecule has 16 heavy (non-hydrogen) atoms. The molecule has 0 spiro atoms. The van der Waals surface area contributed by atoms with Gasteiger partial charge in [-0.3, -0.25) is 13.6 Å². The van der Waals surface area contributed by atoms with E-state index in [9.17, 15) is 4.57 Å². The average molecular weight is 305 g/mol. The van der Waals surface area contributed by atoms with E-state index in [1.54, 1.807) is 0 Å². The maximum Gasteiger partial charge on any atom is 0.476 e. The minimum atomic E-state index is -3.89. The van der Waals surface area contributed by atoms with Crippen molar-refractivity contribution in [2.24, 2.45) is 0 Å². The summed E-state index contributed by atoms with van der Waals surface area (Å²) < 4.78 is 24.1.